The van der Waals surface area contributed by atoms with E-state index in [1.807, 2.05) is 0 Å². The van der Waals surface area contributed by atoms with Crippen molar-refractivity contribution in [3.63, 3.8) is 0 Å². The Morgan fingerprint density at radius 3 is 2.35 bits per heavy atom. The molecule has 1 saturated carbocycles. The predicted molar refractivity (Wildman–Crippen MR) is 71.2 cm³/mol. The van der Waals surface area contributed by atoms with Crippen molar-refractivity contribution >= 4 is 0 Å². The minimum absolute atomic E-state index is 0.876. The van der Waals surface area contributed by atoms with Gasteiger partial charge in [0.05, 0.1) is 0 Å². The summed E-state index contributed by atoms with van der Waals surface area (Å²) in [5.74, 6) is 1.02. The zero-order valence-corrected chi connectivity index (χ0v) is 11.0. The van der Waals surface area contributed by atoms with Crippen LogP contribution in [0, 0.1) is 5.92 Å². The van der Waals surface area contributed by atoms with Crippen molar-refractivity contribution in [3.05, 3.63) is 0 Å². The van der Waals surface area contributed by atoms with E-state index in [1.54, 1.807) is 0 Å². The Kier molecular flexibility index (Phi) is 3.99. The first-order valence-corrected chi connectivity index (χ1v) is 7.59. The van der Waals surface area contributed by atoms with E-state index in [1.165, 1.54) is 77.9 Å². The fourth-order valence-corrected chi connectivity index (χ4v) is 3.70. The molecule has 17 heavy (non-hydrogen) atoms. The van der Waals surface area contributed by atoms with Crippen LogP contribution in [0.1, 0.15) is 32.1 Å². The molecule has 3 heteroatoms. The lowest BCUT2D eigenvalue weighted by Gasteiger charge is -2.48. The summed E-state index contributed by atoms with van der Waals surface area (Å²) in [6.45, 7) is 9.00. The Morgan fingerprint density at radius 2 is 1.65 bits per heavy atom. The number of hydrogen-bond donors (Lipinski definition) is 1. The average Bonchev–Trinajstić information content (AvgIpc) is 2.36. The average molecular weight is 237 g/mol. The van der Waals surface area contributed by atoms with Crippen molar-refractivity contribution in [1.29, 1.82) is 0 Å². The lowest BCUT2D eigenvalue weighted by molar-refractivity contribution is 0.0145. The van der Waals surface area contributed by atoms with Gasteiger partial charge in [-0.3, -0.25) is 9.80 Å². The molecule has 3 nitrogen and oxygen atoms in total. The van der Waals surface area contributed by atoms with Crippen LogP contribution in [-0.2, 0) is 0 Å². The van der Waals surface area contributed by atoms with Gasteiger partial charge in [0.25, 0.3) is 0 Å². The second-order valence-corrected chi connectivity index (χ2v) is 6.16. The molecular weight excluding hydrogens is 210 g/mol. The van der Waals surface area contributed by atoms with Crippen LogP contribution < -0.4 is 5.32 Å². The molecule has 0 spiro atoms. The first-order chi connectivity index (χ1) is 8.42. The van der Waals surface area contributed by atoms with Crippen molar-refractivity contribution in [2.75, 3.05) is 45.8 Å². The highest BCUT2D eigenvalue weighted by atomic mass is 15.3. The third kappa shape index (κ3) is 3.01. The van der Waals surface area contributed by atoms with Gasteiger partial charge in [0.15, 0.2) is 0 Å². The lowest BCUT2D eigenvalue weighted by atomic mass is 9.88. The molecule has 0 aromatic heterocycles. The SMILES string of the molecule is C1CCC(CN2CC(N3CCNCC3)C2)CC1. The third-order valence-electron chi connectivity index (χ3n) is 4.85. The van der Waals surface area contributed by atoms with E-state index in [0.29, 0.717) is 0 Å². The summed E-state index contributed by atoms with van der Waals surface area (Å²) in [7, 11) is 0. The van der Waals surface area contributed by atoms with E-state index in [9.17, 15) is 0 Å². The number of likely N-dealkylation sites (tertiary alicyclic amines) is 1. The van der Waals surface area contributed by atoms with Crippen LogP contribution in [0.5, 0.6) is 0 Å². The number of hydrogen-bond acceptors (Lipinski definition) is 3. The monoisotopic (exact) mass is 237 g/mol. The number of rotatable bonds is 3. The highest BCUT2D eigenvalue weighted by Gasteiger charge is 2.33. The number of nitrogens with one attached hydrogen (secondary N) is 1. The lowest BCUT2D eigenvalue weighted by Crippen LogP contribution is -2.63. The van der Waals surface area contributed by atoms with E-state index in [4.69, 9.17) is 0 Å². The summed E-state index contributed by atoms with van der Waals surface area (Å²) in [5.41, 5.74) is 0. The number of nitrogens with zero attached hydrogens (tertiary/aromatic N) is 2. The Bertz CT molecular complexity index is 226. The van der Waals surface area contributed by atoms with Crippen molar-refractivity contribution < 1.29 is 0 Å². The standard InChI is InChI=1S/C14H27N3/c1-2-4-13(5-3-1)10-16-11-14(12-16)17-8-6-15-7-9-17/h13-15H,1-12H2. The van der Waals surface area contributed by atoms with Crippen LogP contribution in [-0.4, -0.2) is 61.7 Å². The Balaban J connectivity index is 1.36. The van der Waals surface area contributed by atoms with Gasteiger partial charge in [-0.05, 0) is 18.8 Å². The molecule has 1 N–H and O–H groups in total. The molecule has 3 fully saturated rings. The Morgan fingerprint density at radius 1 is 0.941 bits per heavy atom. The minimum Gasteiger partial charge on any atom is -0.314 e. The third-order valence-corrected chi connectivity index (χ3v) is 4.85. The van der Waals surface area contributed by atoms with E-state index in [-0.39, 0.29) is 0 Å². The van der Waals surface area contributed by atoms with Gasteiger partial charge in [-0.1, -0.05) is 19.3 Å². The van der Waals surface area contributed by atoms with E-state index in [0.717, 1.165) is 12.0 Å². The molecule has 0 bridgehead atoms. The smallest absolute Gasteiger partial charge is 0.0351 e. The van der Waals surface area contributed by atoms with Gasteiger partial charge in [-0.25, -0.2) is 0 Å². The summed E-state index contributed by atoms with van der Waals surface area (Å²) in [5, 5.41) is 3.44. The maximum absolute atomic E-state index is 3.44. The second kappa shape index (κ2) is 5.68. The minimum atomic E-state index is 0.876. The second-order valence-electron chi connectivity index (χ2n) is 6.16. The summed E-state index contributed by atoms with van der Waals surface area (Å²) in [6, 6.07) is 0.876. The number of piperazine rings is 1. The predicted octanol–water partition coefficient (Wildman–Crippen LogP) is 1.16. The van der Waals surface area contributed by atoms with Crippen molar-refractivity contribution in [2.24, 2.45) is 5.92 Å². The Labute approximate surface area is 106 Å². The molecule has 2 heterocycles. The first-order valence-electron chi connectivity index (χ1n) is 7.59. The molecule has 0 amide bonds. The summed E-state index contributed by atoms with van der Waals surface area (Å²) >= 11 is 0. The molecule has 0 atom stereocenters. The van der Waals surface area contributed by atoms with Gasteiger partial charge in [-0.15, -0.1) is 0 Å². The molecule has 2 aliphatic heterocycles. The van der Waals surface area contributed by atoms with Gasteiger partial charge >= 0.3 is 0 Å². The van der Waals surface area contributed by atoms with Crippen molar-refractivity contribution in [2.45, 2.75) is 38.1 Å². The molecule has 0 unspecified atom stereocenters. The normalized spacial score (nSPS) is 30.4. The maximum Gasteiger partial charge on any atom is 0.0351 e. The molecule has 2 saturated heterocycles. The van der Waals surface area contributed by atoms with Gasteiger partial charge in [0.2, 0.25) is 0 Å². The highest BCUT2D eigenvalue weighted by molar-refractivity contribution is 4.90. The highest BCUT2D eigenvalue weighted by Crippen LogP contribution is 2.26. The topological polar surface area (TPSA) is 18.5 Å². The van der Waals surface area contributed by atoms with E-state index in [2.05, 4.69) is 15.1 Å². The zero-order valence-electron chi connectivity index (χ0n) is 11.0. The van der Waals surface area contributed by atoms with Crippen molar-refractivity contribution in [3.8, 4) is 0 Å². The van der Waals surface area contributed by atoms with Gasteiger partial charge in [0, 0.05) is 51.9 Å². The van der Waals surface area contributed by atoms with Crippen LogP contribution in [0.25, 0.3) is 0 Å². The first kappa shape index (κ1) is 11.9. The maximum atomic E-state index is 3.44. The fraction of sp³-hybridized carbons (Fsp3) is 1.00. The van der Waals surface area contributed by atoms with Gasteiger partial charge < -0.3 is 5.32 Å². The van der Waals surface area contributed by atoms with Crippen LogP contribution >= 0.6 is 0 Å². The summed E-state index contributed by atoms with van der Waals surface area (Å²) in [4.78, 5) is 5.39. The van der Waals surface area contributed by atoms with Crippen molar-refractivity contribution in [1.82, 2.24) is 15.1 Å². The molecule has 3 rings (SSSR count). The quantitative estimate of drug-likeness (QED) is 0.794. The van der Waals surface area contributed by atoms with Gasteiger partial charge in [0.1, 0.15) is 0 Å². The molecule has 0 aromatic rings. The molecule has 1 aliphatic carbocycles. The fourth-order valence-electron chi connectivity index (χ4n) is 3.70. The zero-order chi connectivity index (χ0) is 11.5. The molecule has 0 radical (unpaired) electrons. The summed E-state index contributed by atoms with van der Waals surface area (Å²) in [6.07, 6.45) is 7.45. The van der Waals surface area contributed by atoms with Crippen LogP contribution in [0.2, 0.25) is 0 Å². The van der Waals surface area contributed by atoms with E-state index < -0.39 is 0 Å². The molecular formula is C14H27N3. The van der Waals surface area contributed by atoms with Crippen LogP contribution in [0.3, 0.4) is 0 Å². The summed E-state index contributed by atoms with van der Waals surface area (Å²) < 4.78 is 0. The van der Waals surface area contributed by atoms with Crippen LogP contribution in [0.15, 0.2) is 0 Å². The molecule has 3 aliphatic rings. The van der Waals surface area contributed by atoms with Crippen LogP contribution in [0.4, 0.5) is 0 Å². The Hall–Kier alpha value is -0.120. The van der Waals surface area contributed by atoms with Gasteiger partial charge in [-0.2, -0.15) is 0 Å². The molecule has 0 aromatic carbocycles. The largest absolute Gasteiger partial charge is 0.314 e. The molecule has 98 valence electrons. The van der Waals surface area contributed by atoms with E-state index >= 15 is 0 Å².